The Bertz CT molecular complexity index is 612. The fourth-order valence-electron chi connectivity index (χ4n) is 1.68. The largest absolute Gasteiger partial charge is 0.399 e. The van der Waals surface area contributed by atoms with Crippen molar-refractivity contribution in [1.82, 2.24) is 4.31 Å². The number of anilines is 1. The molecule has 1 atom stereocenters. The Balaban J connectivity index is 3.38. The fourth-order valence-corrected chi connectivity index (χ4v) is 3.63. The number of hydrogen-bond acceptors (Lipinski definition) is 3. The molecule has 1 aromatic rings. The normalized spacial score (nSPS) is 14.6. The summed E-state index contributed by atoms with van der Waals surface area (Å²) in [4.78, 5) is -0.499. The van der Waals surface area contributed by atoms with Crippen LogP contribution >= 0.6 is 11.6 Å². The van der Waals surface area contributed by atoms with Crippen LogP contribution in [0.15, 0.2) is 17.0 Å². The average Bonchev–Trinajstić information content (AvgIpc) is 2.30. The first-order chi connectivity index (χ1) is 8.89. The first-order valence-corrected chi connectivity index (χ1v) is 7.93. The van der Waals surface area contributed by atoms with Crippen LogP contribution in [0.3, 0.4) is 0 Å². The lowest BCUT2D eigenvalue weighted by atomic mass is 9.88. The van der Waals surface area contributed by atoms with E-state index in [2.05, 4.69) is 0 Å². The molecule has 0 fully saturated rings. The van der Waals surface area contributed by atoms with E-state index in [4.69, 9.17) is 17.3 Å². The minimum absolute atomic E-state index is 0.104. The van der Waals surface area contributed by atoms with Gasteiger partial charge in [-0.05, 0) is 24.5 Å². The van der Waals surface area contributed by atoms with Gasteiger partial charge < -0.3 is 5.73 Å². The third kappa shape index (κ3) is 3.24. The Morgan fingerprint density at radius 3 is 2.30 bits per heavy atom. The van der Waals surface area contributed by atoms with E-state index in [9.17, 15) is 12.8 Å². The van der Waals surface area contributed by atoms with Crippen LogP contribution in [-0.2, 0) is 10.0 Å². The van der Waals surface area contributed by atoms with Gasteiger partial charge in [0.05, 0.1) is 5.02 Å². The van der Waals surface area contributed by atoms with Crippen LogP contribution in [0.5, 0.6) is 0 Å². The molecule has 0 aliphatic heterocycles. The van der Waals surface area contributed by atoms with Gasteiger partial charge in [0, 0.05) is 18.8 Å². The monoisotopic (exact) mass is 322 g/mol. The number of rotatable bonds is 3. The number of benzene rings is 1. The molecule has 0 aliphatic carbocycles. The minimum atomic E-state index is -4.00. The van der Waals surface area contributed by atoms with Crippen molar-refractivity contribution in [3.05, 3.63) is 23.0 Å². The van der Waals surface area contributed by atoms with Crippen LogP contribution in [-0.4, -0.2) is 25.8 Å². The molecule has 20 heavy (non-hydrogen) atoms. The highest BCUT2D eigenvalue weighted by Gasteiger charge is 2.34. The van der Waals surface area contributed by atoms with E-state index in [0.29, 0.717) is 0 Å². The van der Waals surface area contributed by atoms with E-state index in [1.54, 1.807) is 6.92 Å². The average molecular weight is 323 g/mol. The summed E-state index contributed by atoms with van der Waals surface area (Å²) in [6.07, 6.45) is 0. The maximum atomic E-state index is 14.0. The lowest BCUT2D eigenvalue weighted by molar-refractivity contribution is 0.216. The molecule has 2 N–H and O–H groups in total. The molecular weight excluding hydrogens is 303 g/mol. The summed E-state index contributed by atoms with van der Waals surface area (Å²) in [5.74, 6) is -0.978. The summed E-state index contributed by atoms with van der Waals surface area (Å²) in [6.45, 7) is 7.49. The second-order valence-corrected chi connectivity index (χ2v) is 8.25. The number of sulfonamides is 1. The van der Waals surface area contributed by atoms with Gasteiger partial charge in [0.1, 0.15) is 4.90 Å². The van der Waals surface area contributed by atoms with Gasteiger partial charge in [-0.3, -0.25) is 0 Å². The van der Waals surface area contributed by atoms with Gasteiger partial charge in [0.2, 0.25) is 10.0 Å². The van der Waals surface area contributed by atoms with Crippen LogP contribution in [0.25, 0.3) is 0 Å². The molecule has 7 heteroatoms. The summed E-state index contributed by atoms with van der Waals surface area (Å²) < 4.78 is 40.2. The molecule has 1 unspecified atom stereocenters. The Kier molecular flexibility index (Phi) is 4.73. The van der Waals surface area contributed by atoms with E-state index in [0.717, 1.165) is 10.4 Å². The van der Waals surface area contributed by atoms with E-state index in [1.807, 2.05) is 20.8 Å². The summed E-state index contributed by atoms with van der Waals surface area (Å²) in [7, 11) is -2.58. The lowest BCUT2D eigenvalue weighted by Gasteiger charge is -2.34. The molecule has 4 nitrogen and oxygen atoms in total. The van der Waals surface area contributed by atoms with Gasteiger partial charge in [-0.15, -0.1) is 0 Å². The molecule has 1 rings (SSSR count). The number of halogens is 2. The molecule has 0 spiro atoms. The maximum absolute atomic E-state index is 14.0. The van der Waals surface area contributed by atoms with Crippen molar-refractivity contribution in [2.75, 3.05) is 12.8 Å². The third-order valence-electron chi connectivity index (χ3n) is 3.47. The first kappa shape index (κ1) is 17.2. The van der Waals surface area contributed by atoms with Gasteiger partial charge in [0.25, 0.3) is 0 Å². The lowest BCUT2D eigenvalue weighted by Crippen LogP contribution is -2.43. The van der Waals surface area contributed by atoms with Crippen LogP contribution < -0.4 is 5.73 Å². The second kappa shape index (κ2) is 5.50. The Morgan fingerprint density at radius 1 is 1.35 bits per heavy atom. The zero-order chi connectivity index (χ0) is 15.9. The van der Waals surface area contributed by atoms with Gasteiger partial charge in [-0.1, -0.05) is 32.4 Å². The molecule has 0 saturated heterocycles. The second-order valence-electron chi connectivity index (χ2n) is 5.88. The van der Waals surface area contributed by atoms with Crippen molar-refractivity contribution < 1.29 is 12.8 Å². The van der Waals surface area contributed by atoms with Crippen molar-refractivity contribution in [3.8, 4) is 0 Å². The zero-order valence-corrected chi connectivity index (χ0v) is 13.8. The van der Waals surface area contributed by atoms with E-state index in [-0.39, 0.29) is 22.2 Å². The van der Waals surface area contributed by atoms with Gasteiger partial charge in [-0.25, -0.2) is 12.8 Å². The Morgan fingerprint density at radius 2 is 1.85 bits per heavy atom. The van der Waals surface area contributed by atoms with Gasteiger partial charge >= 0.3 is 0 Å². The summed E-state index contributed by atoms with van der Waals surface area (Å²) >= 11 is 5.66. The highest BCUT2D eigenvalue weighted by atomic mass is 35.5. The number of hydrogen-bond donors (Lipinski definition) is 1. The molecule has 0 saturated carbocycles. The van der Waals surface area contributed by atoms with Crippen molar-refractivity contribution in [2.24, 2.45) is 5.41 Å². The molecule has 0 heterocycles. The standard InChI is InChI=1S/C13H20ClFN2O2S/c1-8(13(2,3)4)17(5)20(18,19)11-7-9(16)6-10(14)12(11)15/h6-8H,16H2,1-5H3. The number of nitrogens with two attached hydrogens (primary N) is 1. The zero-order valence-electron chi connectivity index (χ0n) is 12.2. The third-order valence-corrected chi connectivity index (χ3v) is 5.68. The van der Waals surface area contributed by atoms with E-state index >= 15 is 0 Å². The van der Waals surface area contributed by atoms with Crippen LogP contribution in [0.1, 0.15) is 27.7 Å². The predicted octanol–water partition coefficient (Wildman–Crippen LogP) is 3.12. The van der Waals surface area contributed by atoms with Crippen molar-refractivity contribution >= 4 is 27.3 Å². The summed E-state index contributed by atoms with van der Waals surface area (Å²) in [5, 5.41) is -0.305. The summed E-state index contributed by atoms with van der Waals surface area (Å²) in [6, 6.07) is 1.94. The molecule has 0 aliphatic rings. The molecule has 0 radical (unpaired) electrons. The van der Waals surface area contributed by atoms with Crippen molar-refractivity contribution in [3.63, 3.8) is 0 Å². The number of nitrogen functional groups attached to an aromatic ring is 1. The quantitative estimate of drug-likeness (QED) is 0.870. The minimum Gasteiger partial charge on any atom is -0.399 e. The van der Waals surface area contributed by atoms with Crippen molar-refractivity contribution in [2.45, 2.75) is 38.6 Å². The molecule has 114 valence electrons. The Labute approximate surface area is 124 Å². The highest BCUT2D eigenvalue weighted by molar-refractivity contribution is 7.89. The highest BCUT2D eigenvalue weighted by Crippen LogP contribution is 2.31. The molecule has 0 aromatic heterocycles. The first-order valence-electron chi connectivity index (χ1n) is 6.11. The van der Waals surface area contributed by atoms with Gasteiger partial charge in [0.15, 0.2) is 5.82 Å². The smallest absolute Gasteiger partial charge is 0.246 e. The van der Waals surface area contributed by atoms with E-state index in [1.165, 1.54) is 13.1 Å². The molecule has 0 amide bonds. The van der Waals surface area contributed by atoms with Crippen LogP contribution in [0.2, 0.25) is 5.02 Å². The fraction of sp³-hybridized carbons (Fsp3) is 0.538. The molecule has 1 aromatic carbocycles. The maximum Gasteiger partial charge on any atom is 0.246 e. The topological polar surface area (TPSA) is 63.4 Å². The molecular formula is C13H20ClFN2O2S. The SMILES string of the molecule is CC(N(C)S(=O)(=O)c1cc(N)cc(Cl)c1F)C(C)(C)C. The number of nitrogens with zero attached hydrogens (tertiary/aromatic N) is 1. The summed E-state index contributed by atoms with van der Waals surface area (Å²) in [5.41, 5.74) is 5.37. The van der Waals surface area contributed by atoms with Gasteiger partial charge in [-0.2, -0.15) is 4.31 Å². The van der Waals surface area contributed by atoms with Crippen LogP contribution in [0.4, 0.5) is 10.1 Å². The van der Waals surface area contributed by atoms with Crippen LogP contribution in [0, 0.1) is 11.2 Å². The Hall–Kier alpha value is -0.850. The molecule has 0 bridgehead atoms. The van der Waals surface area contributed by atoms with Crippen molar-refractivity contribution in [1.29, 1.82) is 0 Å². The predicted molar refractivity (Wildman–Crippen MR) is 79.7 cm³/mol. The van der Waals surface area contributed by atoms with E-state index < -0.39 is 20.7 Å².